The summed E-state index contributed by atoms with van der Waals surface area (Å²) in [6, 6.07) is 5.30. The van der Waals surface area contributed by atoms with Crippen LogP contribution in [0.1, 0.15) is 5.56 Å². The maximum absolute atomic E-state index is 10.9. The molecule has 1 amide bonds. The van der Waals surface area contributed by atoms with Crippen molar-refractivity contribution in [3.05, 3.63) is 23.8 Å². The average molecular weight is 252 g/mol. The molecule has 0 heterocycles. The van der Waals surface area contributed by atoms with E-state index in [2.05, 4.69) is 10.5 Å². The van der Waals surface area contributed by atoms with Crippen molar-refractivity contribution in [2.45, 2.75) is 0 Å². The number of benzene rings is 1. The molecule has 0 saturated carbocycles. The second-order valence-corrected chi connectivity index (χ2v) is 3.29. The molecule has 1 N–H and O–H groups in total. The highest BCUT2D eigenvalue weighted by atomic mass is 16.6. The molecule has 6 heteroatoms. The first-order chi connectivity index (χ1) is 8.71. The molecule has 0 aromatic heterocycles. The quantitative estimate of drug-likeness (QED) is 0.600. The molecule has 0 fully saturated rings. The molecular weight excluding hydrogens is 236 g/mol. The fourth-order valence-corrected chi connectivity index (χ4v) is 1.20. The van der Waals surface area contributed by atoms with Gasteiger partial charge in [-0.3, -0.25) is 4.79 Å². The minimum absolute atomic E-state index is 0.126. The van der Waals surface area contributed by atoms with Crippen molar-refractivity contribution in [3.63, 3.8) is 0 Å². The second kappa shape index (κ2) is 7.16. The molecule has 0 aliphatic heterocycles. The molecule has 0 saturated heterocycles. The number of amides is 1. The standard InChI is InChI=1S/C12H16N2O4/c1-13-12(15)8-18-14-7-9-6-10(16-2)4-5-11(9)17-3/h4-7H,8H2,1-3H3,(H,13,15)/b14-7+. The van der Waals surface area contributed by atoms with Crippen LogP contribution in [0.15, 0.2) is 23.4 Å². The number of hydrogen-bond acceptors (Lipinski definition) is 5. The van der Waals surface area contributed by atoms with Gasteiger partial charge in [0.2, 0.25) is 0 Å². The minimum atomic E-state index is -0.246. The maximum atomic E-state index is 10.9. The van der Waals surface area contributed by atoms with Gasteiger partial charge in [0, 0.05) is 12.6 Å². The number of methoxy groups -OCH3 is 2. The third-order valence-electron chi connectivity index (χ3n) is 2.18. The summed E-state index contributed by atoms with van der Waals surface area (Å²) in [7, 11) is 4.66. The molecule has 0 aliphatic carbocycles. The zero-order valence-corrected chi connectivity index (χ0v) is 10.6. The Hall–Kier alpha value is -2.24. The molecule has 0 bridgehead atoms. The molecule has 18 heavy (non-hydrogen) atoms. The van der Waals surface area contributed by atoms with Crippen LogP contribution < -0.4 is 14.8 Å². The Morgan fingerprint density at radius 1 is 1.39 bits per heavy atom. The number of nitrogens with one attached hydrogen (secondary N) is 1. The van der Waals surface area contributed by atoms with Crippen LogP contribution in [0.25, 0.3) is 0 Å². The lowest BCUT2D eigenvalue weighted by Crippen LogP contribution is -2.22. The number of ether oxygens (including phenoxy) is 2. The van der Waals surface area contributed by atoms with Crippen molar-refractivity contribution in [1.82, 2.24) is 5.32 Å². The van der Waals surface area contributed by atoms with Crippen molar-refractivity contribution in [2.75, 3.05) is 27.9 Å². The number of carbonyl (C=O) groups is 1. The summed E-state index contributed by atoms with van der Waals surface area (Å²) in [5.74, 6) is 1.08. The van der Waals surface area contributed by atoms with Gasteiger partial charge in [-0.15, -0.1) is 0 Å². The fraction of sp³-hybridized carbons (Fsp3) is 0.333. The number of nitrogens with zero attached hydrogens (tertiary/aromatic N) is 1. The molecule has 0 radical (unpaired) electrons. The Morgan fingerprint density at radius 3 is 2.78 bits per heavy atom. The predicted octanol–water partition coefficient (Wildman–Crippen LogP) is 0.800. The van der Waals surface area contributed by atoms with Gasteiger partial charge >= 0.3 is 0 Å². The van der Waals surface area contributed by atoms with Gasteiger partial charge in [0.05, 0.1) is 20.4 Å². The Labute approximate surface area is 106 Å². The van der Waals surface area contributed by atoms with Crippen LogP contribution >= 0.6 is 0 Å². The number of carbonyl (C=O) groups excluding carboxylic acids is 1. The molecule has 1 aromatic carbocycles. The highest BCUT2D eigenvalue weighted by molar-refractivity contribution is 5.84. The first-order valence-electron chi connectivity index (χ1n) is 5.29. The molecule has 0 aliphatic rings. The van der Waals surface area contributed by atoms with Crippen molar-refractivity contribution >= 4 is 12.1 Å². The molecule has 6 nitrogen and oxygen atoms in total. The van der Waals surface area contributed by atoms with E-state index in [1.54, 1.807) is 32.4 Å². The van der Waals surface area contributed by atoms with Gasteiger partial charge < -0.3 is 19.6 Å². The molecule has 1 aromatic rings. The second-order valence-electron chi connectivity index (χ2n) is 3.29. The lowest BCUT2D eigenvalue weighted by Gasteiger charge is -2.06. The summed E-state index contributed by atoms with van der Waals surface area (Å²) >= 11 is 0. The van der Waals surface area contributed by atoms with E-state index in [1.807, 2.05) is 0 Å². The van der Waals surface area contributed by atoms with E-state index in [0.29, 0.717) is 17.1 Å². The maximum Gasteiger partial charge on any atom is 0.260 e. The van der Waals surface area contributed by atoms with Gasteiger partial charge in [0.15, 0.2) is 6.61 Å². The summed E-state index contributed by atoms with van der Waals surface area (Å²) in [4.78, 5) is 15.7. The van der Waals surface area contributed by atoms with E-state index in [1.165, 1.54) is 13.3 Å². The third-order valence-corrected chi connectivity index (χ3v) is 2.18. The summed E-state index contributed by atoms with van der Waals surface area (Å²) in [5.41, 5.74) is 0.703. The lowest BCUT2D eigenvalue weighted by atomic mass is 10.2. The van der Waals surface area contributed by atoms with Crippen LogP contribution in [0.4, 0.5) is 0 Å². The largest absolute Gasteiger partial charge is 0.497 e. The van der Waals surface area contributed by atoms with Crippen LogP contribution in [0.2, 0.25) is 0 Å². The van der Waals surface area contributed by atoms with Gasteiger partial charge in [-0.1, -0.05) is 5.16 Å². The fourth-order valence-electron chi connectivity index (χ4n) is 1.20. The average Bonchev–Trinajstić information content (AvgIpc) is 2.42. The Kier molecular flexibility index (Phi) is 5.50. The van der Waals surface area contributed by atoms with E-state index >= 15 is 0 Å². The van der Waals surface area contributed by atoms with Gasteiger partial charge in [0.1, 0.15) is 11.5 Å². The monoisotopic (exact) mass is 252 g/mol. The van der Waals surface area contributed by atoms with Crippen LogP contribution in [0, 0.1) is 0 Å². The van der Waals surface area contributed by atoms with Crippen molar-refractivity contribution < 1.29 is 19.1 Å². The zero-order valence-electron chi connectivity index (χ0n) is 10.6. The molecule has 0 atom stereocenters. The summed E-state index contributed by atoms with van der Waals surface area (Å²) in [6.07, 6.45) is 1.46. The SMILES string of the molecule is CNC(=O)CO/N=C/c1cc(OC)ccc1OC. The van der Waals surface area contributed by atoms with Gasteiger partial charge in [0.25, 0.3) is 5.91 Å². The van der Waals surface area contributed by atoms with Gasteiger partial charge in [-0.05, 0) is 18.2 Å². The molecule has 98 valence electrons. The van der Waals surface area contributed by atoms with Crippen molar-refractivity contribution in [1.29, 1.82) is 0 Å². The van der Waals surface area contributed by atoms with Gasteiger partial charge in [-0.25, -0.2) is 0 Å². The number of rotatable bonds is 6. The predicted molar refractivity (Wildman–Crippen MR) is 67.2 cm³/mol. The van der Waals surface area contributed by atoms with Crippen molar-refractivity contribution in [3.8, 4) is 11.5 Å². The zero-order chi connectivity index (χ0) is 13.4. The van der Waals surface area contributed by atoms with Gasteiger partial charge in [-0.2, -0.15) is 0 Å². The Morgan fingerprint density at radius 2 is 2.17 bits per heavy atom. The van der Waals surface area contributed by atoms with E-state index in [0.717, 1.165) is 0 Å². The number of hydrogen-bond donors (Lipinski definition) is 1. The Balaban J connectivity index is 2.69. The number of likely N-dealkylation sites (N-methyl/N-ethyl adjacent to an activating group) is 1. The van der Waals surface area contributed by atoms with Crippen LogP contribution in [0.3, 0.4) is 0 Å². The highest BCUT2D eigenvalue weighted by Crippen LogP contribution is 2.22. The number of oxime groups is 1. The normalized spacial score (nSPS) is 10.2. The van der Waals surface area contributed by atoms with E-state index in [-0.39, 0.29) is 12.5 Å². The lowest BCUT2D eigenvalue weighted by molar-refractivity contribution is -0.125. The molecule has 0 unspecified atom stereocenters. The summed E-state index contributed by atoms with van der Waals surface area (Å²) in [6.45, 7) is -0.126. The van der Waals surface area contributed by atoms with E-state index < -0.39 is 0 Å². The summed E-state index contributed by atoms with van der Waals surface area (Å²) in [5, 5.41) is 6.11. The molecular formula is C12H16N2O4. The molecule has 0 spiro atoms. The van der Waals surface area contributed by atoms with E-state index in [9.17, 15) is 4.79 Å². The van der Waals surface area contributed by atoms with Crippen LogP contribution in [0.5, 0.6) is 11.5 Å². The molecule has 1 rings (SSSR count). The van der Waals surface area contributed by atoms with E-state index in [4.69, 9.17) is 14.3 Å². The minimum Gasteiger partial charge on any atom is -0.497 e. The first kappa shape index (κ1) is 13.8. The first-order valence-corrected chi connectivity index (χ1v) is 5.29. The summed E-state index contributed by atoms with van der Waals surface area (Å²) < 4.78 is 10.3. The Bertz CT molecular complexity index is 432. The smallest absolute Gasteiger partial charge is 0.260 e. The topological polar surface area (TPSA) is 69.2 Å². The highest BCUT2D eigenvalue weighted by Gasteiger charge is 2.03. The van der Waals surface area contributed by atoms with Crippen LogP contribution in [-0.4, -0.2) is 40.0 Å². The third kappa shape index (κ3) is 3.97. The van der Waals surface area contributed by atoms with Crippen molar-refractivity contribution in [2.24, 2.45) is 5.16 Å². The van der Waals surface area contributed by atoms with Crippen LogP contribution in [-0.2, 0) is 9.63 Å².